The van der Waals surface area contributed by atoms with Gasteiger partial charge in [-0.05, 0) is 24.3 Å². The molecule has 0 aromatic heterocycles. The number of benzene rings is 2. The van der Waals surface area contributed by atoms with Crippen molar-refractivity contribution >= 4 is 16.5 Å². The van der Waals surface area contributed by atoms with Crippen molar-refractivity contribution in [2.75, 3.05) is 18.9 Å². The Morgan fingerprint density at radius 2 is 1.19 bits per heavy atom. The number of ether oxygens (including phenoxy) is 1. The third-order valence-corrected chi connectivity index (χ3v) is 4.61. The topological polar surface area (TPSA) is 35.2 Å². The number of unbranched alkanes of at least 4 members (excludes halogenated alkanes) is 8. The highest BCUT2D eigenvalue weighted by Crippen LogP contribution is 2.19. The van der Waals surface area contributed by atoms with Gasteiger partial charge in [-0.25, -0.2) is 0 Å². The Kier molecular flexibility index (Phi) is 13.6. The Morgan fingerprint density at radius 1 is 0.654 bits per heavy atom. The van der Waals surface area contributed by atoms with Gasteiger partial charge in [-0.1, -0.05) is 102 Å². The SMILES string of the molecule is CCCCCCCOCCCCCCC.Nc1cccc2ccccc12. The molecular formula is C24H39NO. The molecule has 0 amide bonds. The van der Waals surface area contributed by atoms with Crippen molar-refractivity contribution in [3.05, 3.63) is 42.5 Å². The van der Waals surface area contributed by atoms with Gasteiger partial charge in [-0.15, -0.1) is 0 Å². The van der Waals surface area contributed by atoms with Gasteiger partial charge >= 0.3 is 0 Å². The van der Waals surface area contributed by atoms with Crippen molar-refractivity contribution in [2.24, 2.45) is 0 Å². The Bertz CT molecular complexity index is 550. The fraction of sp³-hybridized carbons (Fsp3) is 0.583. The molecular weight excluding hydrogens is 318 g/mol. The summed E-state index contributed by atoms with van der Waals surface area (Å²) in [7, 11) is 0. The minimum Gasteiger partial charge on any atom is -0.398 e. The molecule has 2 heteroatoms. The molecule has 0 bridgehead atoms. The molecule has 0 aliphatic heterocycles. The van der Waals surface area contributed by atoms with Crippen LogP contribution in [0.2, 0.25) is 0 Å². The predicted molar refractivity (Wildman–Crippen MR) is 117 cm³/mol. The van der Waals surface area contributed by atoms with Gasteiger partial charge in [0.15, 0.2) is 0 Å². The van der Waals surface area contributed by atoms with Crippen LogP contribution in [0.5, 0.6) is 0 Å². The molecule has 2 rings (SSSR count). The van der Waals surface area contributed by atoms with Crippen LogP contribution in [-0.2, 0) is 4.74 Å². The van der Waals surface area contributed by atoms with Crippen LogP contribution in [0.1, 0.15) is 78.1 Å². The molecule has 0 fully saturated rings. The van der Waals surface area contributed by atoms with E-state index >= 15 is 0 Å². The van der Waals surface area contributed by atoms with E-state index in [0.717, 1.165) is 24.3 Å². The van der Waals surface area contributed by atoms with Gasteiger partial charge in [0, 0.05) is 24.3 Å². The standard InChI is InChI=1S/C14H30O.C10H9N/c1-3-5-7-9-11-13-15-14-12-10-8-6-4-2;11-10-7-3-5-8-4-1-2-6-9(8)10/h3-14H2,1-2H3;1-7H,11H2. The molecule has 2 aromatic carbocycles. The third-order valence-electron chi connectivity index (χ3n) is 4.61. The van der Waals surface area contributed by atoms with E-state index in [1.165, 1.54) is 69.6 Å². The molecule has 0 unspecified atom stereocenters. The second-order valence-corrected chi connectivity index (χ2v) is 7.01. The quantitative estimate of drug-likeness (QED) is 0.318. The Hall–Kier alpha value is -1.54. The van der Waals surface area contributed by atoms with Gasteiger partial charge < -0.3 is 10.5 Å². The van der Waals surface area contributed by atoms with Gasteiger partial charge in [0.05, 0.1) is 0 Å². The highest BCUT2D eigenvalue weighted by molar-refractivity contribution is 5.92. The van der Waals surface area contributed by atoms with Crippen molar-refractivity contribution in [3.8, 4) is 0 Å². The van der Waals surface area contributed by atoms with E-state index in [-0.39, 0.29) is 0 Å². The molecule has 0 spiro atoms. The lowest BCUT2D eigenvalue weighted by molar-refractivity contribution is 0.125. The van der Waals surface area contributed by atoms with Gasteiger partial charge in [-0.2, -0.15) is 0 Å². The van der Waals surface area contributed by atoms with E-state index in [1.54, 1.807) is 0 Å². The van der Waals surface area contributed by atoms with Crippen LogP contribution in [0.15, 0.2) is 42.5 Å². The zero-order valence-corrected chi connectivity index (χ0v) is 17.0. The van der Waals surface area contributed by atoms with E-state index in [1.807, 2.05) is 30.3 Å². The lowest BCUT2D eigenvalue weighted by Gasteiger charge is -2.03. The van der Waals surface area contributed by atoms with E-state index in [4.69, 9.17) is 10.5 Å². The second-order valence-electron chi connectivity index (χ2n) is 7.01. The first-order valence-corrected chi connectivity index (χ1v) is 10.6. The Balaban J connectivity index is 0.000000269. The summed E-state index contributed by atoms with van der Waals surface area (Å²) in [5.41, 5.74) is 6.61. The number of nitrogens with two attached hydrogens (primary N) is 1. The molecule has 0 heterocycles. The predicted octanol–water partition coefficient (Wildman–Crippen LogP) is 7.37. The number of rotatable bonds is 12. The Labute approximate surface area is 161 Å². The van der Waals surface area contributed by atoms with Crippen molar-refractivity contribution in [3.63, 3.8) is 0 Å². The van der Waals surface area contributed by atoms with E-state index in [9.17, 15) is 0 Å². The largest absolute Gasteiger partial charge is 0.398 e. The van der Waals surface area contributed by atoms with Crippen LogP contribution in [0, 0.1) is 0 Å². The fourth-order valence-corrected chi connectivity index (χ4v) is 2.97. The molecule has 146 valence electrons. The number of hydrogen-bond donors (Lipinski definition) is 1. The summed E-state index contributed by atoms with van der Waals surface area (Å²) in [4.78, 5) is 0. The van der Waals surface area contributed by atoms with Crippen LogP contribution < -0.4 is 5.73 Å². The smallest absolute Gasteiger partial charge is 0.0466 e. The van der Waals surface area contributed by atoms with Crippen molar-refractivity contribution in [2.45, 2.75) is 78.1 Å². The summed E-state index contributed by atoms with van der Waals surface area (Å²) in [6.45, 7) is 6.48. The van der Waals surface area contributed by atoms with Gasteiger partial charge in [-0.3, -0.25) is 0 Å². The van der Waals surface area contributed by atoms with Crippen LogP contribution >= 0.6 is 0 Å². The first-order chi connectivity index (χ1) is 12.8. The van der Waals surface area contributed by atoms with Gasteiger partial charge in [0.25, 0.3) is 0 Å². The summed E-state index contributed by atoms with van der Waals surface area (Å²) in [5.74, 6) is 0. The highest BCUT2D eigenvalue weighted by atomic mass is 16.5. The van der Waals surface area contributed by atoms with Crippen molar-refractivity contribution in [1.82, 2.24) is 0 Å². The minimum atomic E-state index is 0.850. The molecule has 2 aromatic rings. The van der Waals surface area contributed by atoms with Crippen LogP contribution in [0.4, 0.5) is 5.69 Å². The summed E-state index contributed by atoms with van der Waals surface area (Å²) in [6.07, 6.45) is 13.4. The summed E-state index contributed by atoms with van der Waals surface area (Å²) >= 11 is 0. The Morgan fingerprint density at radius 3 is 1.77 bits per heavy atom. The molecule has 0 radical (unpaired) electrons. The maximum atomic E-state index is 5.76. The maximum Gasteiger partial charge on any atom is 0.0466 e. The highest BCUT2D eigenvalue weighted by Gasteiger charge is 1.93. The lowest BCUT2D eigenvalue weighted by Crippen LogP contribution is -1.97. The fourth-order valence-electron chi connectivity index (χ4n) is 2.97. The summed E-state index contributed by atoms with van der Waals surface area (Å²) < 4.78 is 5.59. The zero-order valence-electron chi connectivity index (χ0n) is 17.0. The average molecular weight is 358 g/mol. The van der Waals surface area contributed by atoms with Crippen molar-refractivity contribution in [1.29, 1.82) is 0 Å². The molecule has 2 N–H and O–H groups in total. The van der Waals surface area contributed by atoms with Crippen molar-refractivity contribution < 1.29 is 4.74 Å². The molecule has 0 aliphatic carbocycles. The molecule has 0 saturated carbocycles. The number of anilines is 1. The number of nitrogen functional groups attached to an aromatic ring is 1. The minimum absolute atomic E-state index is 0.850. The maximum absolute atomic E-state index is 5.76. The first-order valence-electron chi connectivity index (χ1n) is 10.6. The second kappa shape index (κ2) is 15.7. The molecule has 0 aliphatic rings. The average Bonchev–Trinajstić information content (AvgIpc) is 2.67. The number of fused-ring (bicyclic) bond motifs is 1. The zero-order chi connectivity index (χ0) is 18.9. The number of hydrogen-bond acceptors (Lipinski definition) is 2. The van der Waals surface area contributed by atoms with Crippen LogP contribution in [0.3, 0.4) is 0 Å². The molecule has 26 heavy (non-hydrogen) atoms. The lowest BCUT2D eigenvalue weighted by atomic mass is 10.1. The summed E-state index contributed by atoms with van der Waals surface area (Å²) in [5, 5.41) is 2.34. The van der Waals surface area contributed by atoms with E-state index < -0.39 is 0 Å². The molecule has 0 atom stereocenters. The normalized spacial score (nSPS) is 10.5. The first kappa shape index (κ1) is 22.5. The van der Waals surface area contributed by atoms with E-state index in [0.29, 0.717) is 0 Å². The van der Waals surface area contributed by atoms with E-state index in [2.05, 4.69) is 26.0 Å². The van der Waals surface area contributed by atoms with Crippen LogP contribution in [0.25, 0.3) is 10.8 Å². The van der Waals surface area contributed by atoms with Gasteiger partial charge in [0.1, 0.15) is 0 Å². The molecule has 0 saturated heterocycles. The van der Waals surface area contributed by atoms with Gasteiger partial charge in [0.2, 0.25) is 0 Å². The molecule has 2 nitrogen and oxygen atoms in total. The third kappa shape index (κ3) is 10.5. The summed E-state index contributed by atoms with van der Waals surface area (Å²) in [6, 6.07) is 14.1. The monoisotopic (exact) mass is 357 g/mol. The van der Waals surface area contributed by atoms with Crippen LogP contribution in [-0.4, -0.2) is 13.2 Å².